The quantitative estimate of drug-likeness (QED) is 0.464. The van der Waals surface area contributed by atoms with E-state index >= 15 is 0 Å². The molecule has 1 N–H and O–H groups in total. The molecule has 0 saturated heterocycles. The Morgan fingerprint density at radius 1 is 1.00 bits per heavy atom. The maximum atomic E-state index is 13.2. The number of rotatable bonds is 6. The Morgan fingerprint density at radius 3 is 2.38 bits per heavy atom. The fourth-order valence-corrected chi connectivity index (χ4v) is 2.71. The lowest BCUT2D eigenvalue weighted by Gasteiger charge is -2.14. The molecule has 0 amide bonds. The van der Waals surface area contributed by atoms with Crippen molar-refractivity contribution in [2.75, 3.05) is 32.5 Å². The van der Waals surface area contributed by atoms with Crippen LogP contribution >= 0.6 is 34.0 Å². The van der Waals surface area contributed by atoms with Crippen molar-refractivity contribution in [1.82, 2.24) is 9.88 Å². The first kappa shape index (κ1) is 22.5. The van der Waals surface area contributed by atoms with Gasteiger partial charge in [-0.15, -0.1) is 34.0 Å². The van der Waals surface area contributed by atoms with Crippen LogP contribution in [0.25, 0.3) is 22.2 Å². The van der Waals surface area contributed by atoms with Gasteiger partial charge in [0, 0.05) is 23.2 Å². The van der Waals surface area contributed by atoms with Crippen molar-refractivity contribution in [3.8, 4) is 11.3 Å². The average Bonchev–Trinajstić information content (AvgIpc) is 2.59. The van der Waals surface area contributed by atoms with Crippen LogP contribution in [0.2, 0.25) is 0 Å². The Hall–Kier alpha value is -1.50. The highest BCUT2D eigenvalue weighted by molar-refractivity contribution is 8.93. The van der Waals surface area contributed by atoms with Gasteiger partial charge in [0.15, 0.2) is 0 Å². The molecule has 140 valence electrons. The lowest BCUT2D eigenvalue weighted by molar-refractivity contribution is 0.405. The molecule has 0 atom stereocenters. The number of anilines is 1. The van der Waals surface area contributed by atoms with E-state index < -0.39 is 0 Å². The summed E-state index contributed by atoms with van der Waals surface area (Å²) in [4.78, 5) is 6.90. The van der Waals surface area contributed by atoms with Gasteiger partial charge in [0.05, 0.1) is 11.2 Å². The summed E-state index contributed by atoms with van der Waals surface area (Å²) in [5, 5.41) is 4.63. The first-order valence-electron chi connectivity index (χ1n) is 8.18. The summed E-state index contributed by atoms with van der Waals surface area (Å²) in [7, 11) is 4.16. The van der Waals surface area contributed by atoms with Crippen LogP contribution in [0.4, 0.5) is 10.1 Å². The number of benzene rings is 2. The zero-order chi connectivity index (χ0) is 16.9. The molecule has 0 aliphatic rings. The van der Waals surface area contributed by atoms with Gasteiger partial charge in [0.1, 0.15) is 5.82 Å². The van der Waals surface area contributed by atoms with E-state index in [1.54, 1.807) is 12.1 Å². The molecular weight excluding hydrogens is 461 g/mol. The summed E-state index contributed by atoms with van der Waals surface area (Å²) in [5.41, 5.74) is 3.77. The average molecular weight is 485 g/mol. The van der Waals surface area contributed by atoms with Gasteiger partial charge in [-0.25, -0.2) is 9.37 Å². The molecule has 2 aromatic carbocycles. The van der Waals surface area contributed by atoms with Crippen LogP contribution in [-0.4, -0.2) is 37.1 Å². The van der Waals surface area contributed by atoms with E-state index in [2.05, 4.69) is 30.4 Å². The van der Waals surface area contributed by atoms with Crippen molar-refractivity contribution in [3.63, 3.8) is 0 Å². The Balaban J connectivity index is 0.00000169. The van der Waals surface area contributed by atoms with Gasteiger partial charge in [-0.3, -0.25) is 0 Å². The number of halogens is 3. The third-order valence-electron chi connectivity index (χ3n) is 3.95. The molecule has 0 aliphatic heterocycles. The first-order valence-corrected chi connectivity index (χ1v) is 8.18. The number of aromatic nitrogens is 1. The predicted octanol–water partition coefficient (Wildman–Crippen LogP) is 5.56. The summed E-state index contributed by atoms with van der Waals surface area (Å²) >= 11 is 0. The second kappa shape index (κ2) is 10.6. The molecule has 26 heavy (non-hydrogen) atoms. The van der Waals surface area contributed by atoms with E-state index in [-0.39, 0.29) is 39.8 Å². The van der Waals surface area contributed by atoms with Gasteiger partial charge in [0.2, 0.25) is 0 Å². The lowest BCUT2D eigenvalue weighted by atomic mass is 10.1. The molecule has 0 unspecified atom stereocenters. The van der Waals surface area contributed by atoms with Crippen LogP contribution in [0.1, 0.15) is 6.42 Å². The van der Waals surface area contributed by atoms with Crippen LogP contribution in [0.15, 0.2) is 54.6 Å². The highest BCUT2D eigenvalue weighted by atomic mass is 79.9. The fraction of sp³-hybridized carbons (Fsp3) is 0.250. The smallest absolute Gasteiger partial charge is 0.123 e. The Bertz CT molecular complexity index is 823. The predicted molar refractivity (Wildman–Crippen MR) is 119 cm³/mol. The van der Waals surface area contributed by atoms with Crippen LogP contribution < -0.4 is 5.32 Å². The molecule has 6 heteroatoms. The van der Waals surface area contributed by atoms with Crippen molar-refractivity contribution >= 4 is 50.6 Å². The van der Waals surface area contributed by atoms with E-state index in [4.69, 9.17) is 4.98 Å². The summed E-state index contributed by atoms with van der Waals surface area (Å²) in [6.45, 7) is 1.94. The first-order chi connectivity index (χ1) is 11.6. The molecule has 0 bridgehead atoms. The van der Waals surface area contributed by atoms with Crippen molar-refractivity contribution < 1.29 is 4.39 Å². The van der Waals surface area contributed by atoms with Crippen molar-refractivity contribution in [2.45, 2.75) is 6.42 Å². The highest BCUT2D eigenvalue weighted by Crippen LogP contribution is 2.28. The molecule has 3 nitrogen and oxygen atoms in total. The van der Waals surface area contributed by atoms with Crippen LogP contribution in [-0.2, 0) is 0 Å². The van der Waals surface area contributed by atoms with E-state index in [0.29, 0.717) is 0 Å². The number of hydrogen-bond donors (Lipinski definition) is 1. The van der Waals surface area contributed by atoms with E-state index in [9.17, 15) is 4.39 Å². The molecule has 0 radical (unpaired) electrons. The van der Waals surface area contributed by atoms with Gasteiger partial charge in [-0.05, 0) is 63.5 Å². The number of fused-ring (bicyclic) bond motifs is 1. The Morgan fingerprint density at radius 2 is 1.69 bits per heavy atom. The molecule has 0 spiro atoms. The molecule has 0 fully saturated rings. The van der Waals surface area contributed by atoms with Crippen LogP contribution in [0, 0.1) is 5.82 Å². The minimum absolute atomic E-state index is 0. The van der Waals surface area contributed by atoms with Crippen LogP contribution in [0.3, 0.4) is 0 Å². The monoisotopic (exact) mass is 483 g/mol. The maximum Gasteiger partial charge on any atom is 0.123 e. The van der Waals surface area contributed by atoms with Gasteiger partial charge in [-0.1, -0.05) is 18.2 Å². The largest absolute Gasteiger partial charge is 0.384 e. The van der Waals surface area contributed by atoms with E-state index in [0.717, 1.165) is 47.4 Å². The van der Waals surface area contributed by atoms with Crippen molar-refractivity contribution in [3.05, 3.63) is 60.4 Å². The standard InChI is InChI=1S/C20H22FN3.2BrH/c1-24(2)13-5-12-22-20-14-19(15-8-10-16(21)11-9-15)23-18-7-4-3-6-17(18)20;;/h3-4,6-11,14H,5,12-13H2,1-2H3,(H,22,23);2*1H. The molecular formula is C20H24Br2FN3. The van der Waals surface area contributed by atoms with Crippen LogP contribution in [0.5, 0.6) is 0 Å². The van der Waals surface area contributed by atoms with Gasteiger partial charge in [0.25, 0.3) is 0 Å². The van der Waals surface area contributed by atoms with Gasteiger partial charge >= 0.3 is 0 Å². The van der Waals surface area contributed by atoms with Gasteiger partial charge in [-0.2, -0.15) is 0 Å². The number of nitrogens with one attached hydrogen (secondary N) is 1. The van der Waals surface area contributed by atoms with Crippen molar-refractivity contribution in [1.29, 1.82) is 0 Å². The molecule has 1 aromatic heterocycles. The molecule has 1 heterocycles. The number of para-hydroxylation sites is 1. The minimum atomic E-state index is -0.235. The second-order valence-corrected chi connectivity index (χ2v) is 6.16. The Labute approximate surface area is 175 Å². The number of pyridine rings is 1. The highest BCUT2D eigenvalue weighted by Gasteiger charge is 2.07. The van der Waals surface area contributed by atoms with Gasteiger partial charge < -0.3 is 10.2 Å². The van der Waals surface area contributed by atoms with E-state index in [1.165, 1.54) is 12.1 Å². The molecule has 3 rings (SSSR count). The van der Waals surface area contributed by atoms with Crippen molar-refractivity contribution in [2.24, 2.45) is 0 Å². The fourth-order valence-electron chi connectivity index (χ4n) is 2.71. The topological polar surface area (TPSA) is 28.2 Å². The minimum Gasteiger partial charge on any atom is -0.384 e. The third kappa shape index (κ3) is 5.76. The second-order valence-electron chi connectivity index (χ2n) is 6.16. The molecule has 3 aromatic rings. The third-order valence-corrected chi connectivity index (χ3v) is 3.95. The summed E-state index contributed by atoms with van der Waals surface area (Å²) in [6.07, 6.45) is 1.07. The zero-order valence-electron chi connectivity index (χ0n) is 14.9. The lowest BCUT2D eigenvalue weighted by Crippen LogP contribution is -2.16. The summed E-state index contributed by atoms with van der Waals surface area (Å²) in [5.74, 6) is -0.235. The Kier molecular flexibility index (Phi) is 9.19. The zero-order valence-corrected chi connectivity index (χ0v) is 18.3. The normalized spacial score (nSPS) is 10.3. The number of hydrogen-bond acceptors (Lipinski definition) is 3. The summed E-state index contributed by atoms with van der Waals surface area (Å²) in [6, 6.07) is 16.6. The SMILES string of the molecule is Br.Br.CN(C)CCCNc1cc(-c2ccc(F)cc2)nc2ccccc12. The maximum absolute atomic E-state index is 13.2. The number of nitrogens with zero attached hydrogens (tertiary/aromatic N) is 2. The molecule has 0 saturated carbocycles. The van der Waals surface area contributed by atoms with E-state index in [1.807, 2.05) is 24.3 Å². The molecule has 0 aliphatic carbocycles. The summed E-state index contributed by atoms with van der Waals surface area (Å²) < 4.78 is 13.2.